The molecular weight excluding hydrogens is 592 g/mol. The maximum Gasteiger partial charge on any atom is 0.337 e. The summed E-state index contributed by atoms with van der Waals surface area (Å²) in [7, 11) is 1.24. The van der Waals surface area contributed by atoms with Gasteiger partial charge in [0, 0.05) is 10.6 Å². The van der Waals surface area contributed by atoms with Crippen LogP contribution in [0.1, 0.15) is 28.4 Å². The highest BCUT2D eigenvalue weighted by Gasteiger charge is 2.37. The van der Waals surface area contributed by atoms with Gasteiger partial charge in [-0.15, -0.1) is 0 Å². The fraction of sp³-hybridized carbons (Fsp3) is 0.143. The van der Waals surface area contributed by atoms with Gasteiger partial charge in [0.1, 0.15) is 12.2 Å². The number of nitrogens with zero attached hydrogens (tertiary/aromatic N) is 1. The number of amides is 4. The Kier molecular flexibility index (Phi) is 8.68. The number of nitrogens with one attached hydrogen (secondary N) is 1. The third-order valence-corrected chi connectivity index (χ3v) is 6.58. The number of barbiturate groups is 1. The van der Waals surface area contributed by atoms with E-state index in [9.17, 15) is 19.2 Å². The monoisotopic (exact) mass is 612 g/mol. The van der Waals surface area contributed by atoms with E-state index in [4.69, 9.17) is 21.1 Å². The number of hydrogen-bond donors (Lipinski definition) is 1. The first kappa shape index (κ1) is 27.9. The molecule has 4 amide bonds. The lowest BCUT2D eigenvalue weighted by atomic mass is 10.1. The first-order valence-electron chi connectivity index (χ1n) is 11.7. The smallest absolute Gasteiger partial charge is 0.337 e. The molecule has 3 aromatic rings. The van der Waals surface area contributed by atoms with E-state index in [-0.39, 0.29) is 23.4 Å². The van der Waals surface area contributed by atoms with Crippen LogP contribution in [-0.4, -0.2) is 37.5 Å². The van der Waals surface area contributed by atoms with Crippen molar-refractivity contribution in [1.29, 1.82) is 0 Å². The quantitative estimate of drug-likeness (QED) is 0.202. The van der Waals surface area contributed by atoms with Crippen LogP contribution in [0.3, 0.4) is 0 Å². The average Bonchev–Trinajstić information content (AvgIpc) is 2.91. The van der Waals surface area contributed by atoms with E-state index in [1.807, 2.05) is 25.1 Å². The summed E-state index contributed by atoms with van der Waals surface area (Å²) in [4.78, 5) is 51.0. The van der Waals surface area contributed by atoms with Gasteiger partial charge < -0.3 is 14.2 Å². The van der Waals surface area contributed by atoms with Crippen molar-refractivity contribution in [2.45, 2.75) is 13.5 Å². The molecule has 0 unspecified atom stereocenters. The second kappa shape index (κ2) is 12.1. The van der Waals surface area contributed by atoms with Crippen molar-refractivity contribution < 1.29 is 33.4 Å². The Morgan fingerprint density at radius 3 is 2.44 bits per heavy atom. The number of halogens is 2. The maximum atomic E-state index is 13.3. The molecule has 4 rings (SSSR count). The Morgan fingerprint density at radius 1 is 1.05 bits per heavy atom. The van der Waals surface area contributed by atoms with E-state index >= 15 is 0 Å². The van der Waals surface area contributed by atoms with Gasteiger partial charge in [0.2, 0.25) is 0 Å². The topological polar surface area (TPSA) is 111 Å². The fourth-order valence-electron chi connectivity index (χ4n) is 3.76. The van der Waals surface area contributed by atoms with Crippen molar-refractivity contribution in [3.8, 4) is 11.5 Å². The number of hydrogen-bond acceptors (Lipinski definition) is 7. The molecule has 9 nitrogen and oxygen atoms in total. The van der Waals surface area contributed by atoms with E-state index in [1.165, 1.54) is 37.5 Å². The molecule has 11 heteroatoms. The molecule has 0 bridgehead atoms. The van der Waals surface area contributed by atoms with Crippen LogP contribution in [0, 0.1) is 0 Å². The van der Waals surface area contributed by atoms with Crippen LogP contribution in [0.5, 0.6) is 11.5 Å². The standard InChI is InChI=1S/C28H22BrClN2O7/c1-3-38-23-14-16(13-21(29)24(23)39-15-18-6-4-5-7-22(18)30)12-20-25(33)31-28(36)32(26(20)34)19-10-8-17(9-11-19)27(35)37-2/h4-14H,3,15H2,1-2H3,(H,31,33,36)/b20-12+. The van der Waals surface area contributed by atoms with Gasteiger partial charge in [0.15, 0.2) is 11.5 Å². The molecule has 1 aliphatic heterocycles. The van der Waals surface area contributed by atoms with Crippen LogP contribution in [0.15, 0.2) is 70.7 Å². The lowest BCUT2D eigenvalue weighted by molar-refractivity contribution is -0.122. The number of urea groups is 1. The maximum absolute atomic E-state index is 13.3. The fourth-order valence-corrected chi connectivity index (χ4v) is 4.53. The van der Waals surface area contributed by atoms with Gasteiger partial charge in [-0.05, 0) is 77.0 Å². The van der Waals surface area contributed by atoms with Crippen molar-refractivity contribution >= 4 is 63.1 Å². The normalized spacial score (nSPS) is 14.3. The number of carbonyl (C=O) groups is 4. The van der Waals surface area contributed by atoms with E-state index in [0.717, 1.165) is 10.5 Å². The van der Waals surface area contributed by atoms with Crippen LogP contribution in [0.25, 0.3) is 6.08 Å². The van der Waals surface area contributed by atoms with Crippen molar-refractivity contribution in [2.24, 2.45) is 0 Å². The van der Waals surface area contributed by atoms with E-state index in [2.05, 4.69) is 26.0 Å². The minimum absolute atomic E-state index is 0.169. The molecule has 0 aliphatic carbocycles. The predicted molar refractivity (Wildman–Crippen MR) is 148 cm³/mol. The number of imide groups is 2. The Hall–Kier alpha value is -4.15. The molecule has 39 heavy (non-hydrogen) atoms. The summed E-state index contributed by atoms with van der Waals surface area (Å²) in [6.45, 7) is 2.33. The van der Waals surface area contributed by atoms with Gasteiger partial charge in [-0.25, -0.2) is 14.5 Å². The zero-order valence-electron chi connectivity index (χ0n) is 20.8. The Bertz CT molecular complexity index is 1490. The Balaban J connectivity index is 1.65. The molecule has 3 aromatic carbocycles. The van der Waals surface area contributed by atoms with Crippen LogP contribution >= 0.6 is 27.5 Å². The summed E-state index contributed by atoms with van der Waals surface area (Å²) in [5.41, 5.74) is 1.37. The van der Waals surface area contributed by atoms with Crippen molar-refractivity contribution in [3.63, 3.8) is 0 Å². The summed E-state index contributed by atoms with van der Waals surface area (Å²) in [5.74, 6) is -1.45. The Morgan fingerprint density at radius 2 is 1.77 bits per heavy atom. The molecule has 1 N–H and O–H groups in total. The molecule has 0 saturated carbocycles. The van der Waals surface area contributed by atoms with E-state index < -0.39 is 23.8 Å². The number of esters is 1. The van der Waals surface area contributed by atoms with E-state index in [0.29, 0.717) is 33.2 Å². The highest BCUT2D eigenvalue weighted by atomic mass is 79.9. The van der Waals surface area contributed by atoms with Gasteiger partial charge in [-0.1, -0.05) is 29.8 Å². The molecule has 1 aliphatic rings. The molecular formula is C28H22BrClN2O7. The molecule has 200 valence electrons. The Labute approximate surface area is 237 Å². The minimum atomic E-state index is -0.910. The molecule has 1 fully saturated rings. The van der Waals surface area contributed by atoms with Crippen LogP contribution < -0.4 is 19.7 Å². The number of benzene rings is 3. The molecule has 0 atom stereocenters. The highest BCUT2D eigenvalue weighted by Crippen LogP contribution is 2.38. The number of methoxy groups -OCH3 is 1. The molecule has 0 aromatic heterocycles. The zero-order valence-corrected chi connectivity index (χ0v) is 23.2. The number of anilines is 1. The van der Waals surface area contributed by atoms with Crippen molar-refractivity contribution in [3.05, 3.63) is 92.4 Å². The lowest BCUT2D eigenvalue weighted by Crippen LogP contribution is -2.54. The number of carbonyl (C=O) groups excluding carboxylic acids is 4. The second-order valence-electron chi connectivity index (χ2n) is 8.14. The highest BCUT2D eigenvalue weighted by molar-refractivity contribution is 9.10. The lowest BCUT2D eigenvalue weighted by Gasteiger charge is -2.26. The summed E-state index contributed by atoms with van der Waals surface area (Å²) < 4.78 is 16.9. The third kappa shape index (κ3) is 6.13. The summed E-state index contributed by atoms with van der Waals surface area (Å²) in [6.07, 6.45) is 1.35. The van der Waals surface area contributed by atoms with Gasteiger partial charge in [-0.3, -0.25) is 14.9 Å². The van der Waals surface area contributed by atoms with E-state index in [1.54, 1.807) is 18.2 Å². The average molecular weight is 614 g/mol. The van der Waals surface area contributed by atoms with Gasteiger partial charge in [-0.2, -0.15) is 0 Å². The SMILES string of the molecule is CCOc1cc(/C=C2\C(=O)NC(=O)N(c3ccc(C(=O)OC)cc3)C2=O)cc(Br)c1OCc1ccccc1Cl. The van der Waals surface area contributed by atoms with Gasteiger partial charge in [0.05, 0.1) is 29.4 Å². The number of ether oxygens (including phenoxy) is 3. The van der Waals surface area contributed by atoms with Crippen molar-refractivity contribution in [2.75, 3.05) is 18.6 Å². The minimum Gasteiger partial charge on any atom is -0.490 e. The largest absolute Gasteiger partial charge is 0.490 e. The molecule has 1 heterocycles. The van der Waals surface area contributed by atoms with Crippen LogP contribution in [0.2, 0.25) is 5.02 Å². The summed E-state index contributed by atoms with van der Waals surface area (Å²) in [5, 5.41) is 2.74. The summed E-state index contributed by atoms with van der Waals surface area (Å²) >= 11 is 9.72. The molecule has 0 radical (unpaired) electrons. The van der Waals surface area contributed by atoms with Crippen LogP contribution in [-0.2, 0) is 20.9 Å². The third-order valence-electron chi connectivity index (χ3n) is 5.62. The van der Waals surface area contributed by atoms with Crippen molar-refractivity contribution in [1.82, 2.24) is 5.32 Å². The second-order valence-corrected chi connectivity index (χ2v) is 9.40. The predicted octanol–water partition coefficient (Wildman–Crippen LogP) is 5.53. The van der Waals surface area contributed by atoms with Gasteiger partial charge in [0.25, 0.3) is 11.8 Å². The summed E-state index contributed by atoms with van der Waals surface area (Å²) in [6, 6.07) is 15.3. The molecule has 0 spiro atoms. The molecule has 1 saturated heterocycles. The van der Waals surface area contributed by atoms with Gasteiger partial charge >= 0.3 is 12.0 Å². The number of rotatable bonds is 8. The van der Waals surface area contributed by atoms with Crippen LogP contribution in [0.4, 0.5) is 10.5 Å². The first-order chi connectivity index (χ1) is 18.7. The first-order valence-corrected chi connectivity index (χ1v) is 12.8. The zero-order chi connectivity index (χ0) is 28.1.